The van der Waals surface area contributed by atoms with Gasteiger partial charge in [0.1, 0.15) is 5.82 Å². The van der Waals surface area contributed by atoms with Crippen molar-refractivity contribution in [1.29, 1.82) is 0 Å². The van der Waals surface area contributed by atoms with Crippen LogP contribution in [-0.4, -0.2) is 58.3 Å². The highest BCUT2D eigenvalue weighted by atomic mass is 32.1. The van der Waals surface area contributed by atoms with Crippen LogP contribution in [0.2, 0.25) is 0 Å². The highest BCUT2D eigenvalue weighted by molar-refractivity contribution is 7.22. The summed E-state index contributed by atoms with van der Waals surface area (Å²) in [6.45, 7) is 3.34. The standard InChI is InChI=1S/C20H21F2N5O2S/c1-12(28)8-13-9-15(22)18(23-11-13)26-4-6-27(7-5-26)20(29)25-19-24-16-10-14(21)2-3-17(16)30-19/h2-3,9-12,28H,4-8H2,1H3,(H,24,25,29). The van der Waals surface area contributed by atoms with Crippen molar-refractivity contribution >= 4 is 38.5 Å². The zero-order valence-corrected chi connectivity index (χ0v) is 17.1. The molecule has 3 heterocycles. The number of amides is 2. The molecule has 0 spiro atoms. The fraction of sp³-hybridized carbons (Fsp3) is 0.350. The maximum absolute atomic E-state index is 14.4. The SMILES string of the molecule is CC(O)Cc1cnc(N2CCN(C(=O)Nc3nc4cc(F)ccc4s3)CC2)c(F)c1. The number of hydrogen-bond acceptors (Lipinski definition) is 6. The van der Waals surface area contributed by atoms with Crippen LogP contribution in [0.3, 0.4) is 0 Å². The summed E-state index contributed by atoms with van der Waals surface area (Å²) in [6.07, 6.45) is 1.35. The van der Waals surface area contributed by atoms with E-state index in [9.17, 15) is 18.7 Å². The van der Waals surface area contributed by atoms with E-state index in [4.69, 9.17) is 0 Å². The molecule has 1 atom stereocenters. The van der Waals surface area contributed by atoms with E-state index in [-0.39, 0.29) is 17.7 Å². The molecule has 3 aromatic rings. The number of aliphatic hydroxyl groups is 1. The van der Waals surface area contributed by atoms with E-state index in [0.29, 0.717) is 48.8 Å². The molecule has 2 N–H and O–H groups in total. The lowest BCUT2D eigenvalue weighted by atomic mass is 10.1. The molecule has 30 heavy (non-hydrogen) atoms. The molecule has 0 aliphatic carbocycles. The molecule has 4 rings (SSSR count). The Morgan fingerprint density at radius 2 is 2.03 bits per heavy atom. The number of fused-ring (bicyclic) bond motifs is 1. The van der Waals surface area contributed by atoms with Gasteiger partial charge in [-0.1, -0.05) is 11.3 Å². The van der Waals surface area contributed by atoms with Crippen LogP contribution < -0.4 is 10.2 Å². The molecule has 2 aromatic heterocycles. The number of hydrogen-bond donors (Lipinski definition) is 2. The average Bonchev–Trinajstić information content (AvgIpc) is 3.09. The number of anilines is 2. The Labute approximate surface area is 176 Å². The smallest absolute Gasteiger partial charge is 0.323 e. The molecule has 7 nitrogen and oxygen atoms in total. The van der Waals surface area contributed by atoms with Crippen molar-refractivity contribution in [2.24, 2.45) is 0 Å². The number of halogens is 2. The maximum Gasteiger partial charge on any atom is 0.323 e. The van der Waals surface area contributed by atoms with Crippen molar-refractivity contribution in [3.05, 3.63) is 47.7 Å². The maximum atomic E-state index is 14.4. The van der Waals surface area contributed by atoms with Gasteiger partial charge in [0.05, 0.1) is 16.3 Å². The average molecular weight is 433 g/mol. The van der Waals surface area contributed by atoms with E-state index < -0.39 is 11.9 Å². The van der Waals surface area contributed by atoms with Gasteiger partial charge in [0.15, 0.2) is 16.8 Å². The third kappa shape index (κ3) is 4.49. The molecule has 1 aliphatic rings. The van der Waals surface area contributed by atoms with Gasteiger partial charge in [-0.05, 0) is 37.1 Å². The molecule has 1 saturated heterocycles. The fourth-order valence-corrected chi connectivity index (χ4v) is 4.24. The largest absolute Gasteiger partial charge is 0.393 e. The molecule has 10 heteroatoms. The van der Waals surface area contributed by atoms with E-state index in [1.807, 2.05) is 0 Å². The van der Waals surface area contributed by atoms with E-state index in [0.717, 1.165) is 4.70 Å². The molecule has 2 amide bonds. The summed E-state index contributed by atoms with van der Waals surface area (Å²) in [4.78, 5) is 24.4. The second kappa shape index (κ2) is 8.49. The highest BCUT2D eigenvalue weighted by Gasteiger charge is 2.24. The topological polar surface area (TPSA) is 81.6 Å². The predicted octanol–water partition coefficient (Wildman–Crippen LogP) is 3.25. The van der Waals surface area contributed by atoms with Crippen molar-refractivity contribution in [2.75, 3.05) is 36.4 Å². The van der Waals surface area contributed by atoms with Gasteiger partial charge in [0, 0.05) is 38.4 Å². The Morgan fingerprint density at radius 3 is 2.73 bits per heavy atom. The predicted molar refractivity (Wildman–Crippen MR) is 112 cm³/mol. The number of carbonyl (C=O) groups is 1. The van der Waals surface area contributed by atoms with Crippen LogP contribution in [0, 0.1) is 11.6 Å². The van der Waals surface area contributed by atoms with Gasteiger partial charge in [-0.15, -0.1) is 0 Å². The van der Waals surface area contributed by atoms with Crippen molar-refractivity contribution in [3.63, 3.8) is 0 Å². The first kappa shape index (κ1) is 20.4. The fourth-order valence-electron chi connectivity index (χ4n) is 3.40. The molecule has 0 bridgehead atoms. The first-order valence-electron chi connectivity index (χ1n) is 9.58. The van der Waals surface area contributed by atoms with Gasteiger partial charge < -0.3 is 14.9 Å². The van der Waals surface area contributed by atoms with Crippen molar-refractivity contribution in [3.8, 4) is 0 Å². The molecular formula is C20H21F2N5O2S. The second-order valence-corrected chi connectivity index (χ2v) is 8.27. The van der Waals surface area contributed by atoms with E-state index in [1.165, 1.54) is 29.5 Å². The van der Waals surface area contributed by atoms with Crippen LogP contribution in [0.25, 0.3) is 10.2 Å². The van der Waals surface area contributed by atoms with E-state index >= 15 is 0 Å². The summed E-state index contributed by atoms with van der Waals surface area (Å²) >= 11 is 1.28. The number of nitrogens with one attached hydrogen (secondary N) is 1. The summed E-state index contributed by atoms with van der Waals surface area (Å²) in [5, 5.41) is 12.6. The lowest BCUT2D eigenvalue weighted by Gasteiger charge is -2.35. The van der Waals surface area contributed by atoms with Crippen LogP contribution in [-0.2, 0) is 6.42 Å². The molecule has 0 saturated carbocycles. The first-order valence-corrected chi connectivity index (χ1v) is 10.4. The van der Waals surface area contributed by atoms with Crippen LogP contribution >= 0.6 is 11.3 Å². The molecule has 1 fully saturated rings. The van der Waals surface area contributed by atoms with Gasteiger partial charge >= 0.3 is 6.03 Å². The highest BCUT2D eigenvalue weighted by Crippen LogP contribution is 2.27. The Bertz CT molecular complexity index is 1070. The summed E-state index contributed by atoms with van der Waals surface area (Å²) in [6, 6.07) is 5.41. The van der Waals surface area contributed by atoms with Gasteiger partial charge in [0.25, 0.3) is 0 Å². The number of urea groups is 1. The first-order chi connectivity index (χ1) is 14.4. The minimum absolute atomic E-state index is 0.248. The summed E-state index contributed by atoms with van der Waals surface area (Å²) in [5.41, 5.74) is 1.14. The number of benzene rings is 1. The third-order valence-electron chi connectivity index (χ3n) is 4.84. The zero-order valence-electron chi connectivity index (χ0n) is 16.3. The number of nitrogens with zero attached hydrogens (tertiary/aromatic N) is 4. The van der Waals surface area contributed by atoms with Crippen molar-refractivity contribution in [1.82, 2.24) is 14.9 Å². The minimum Gasteiger partial charge on any atom is -0.393 e. The van der Waals surface area contributed by atoms with Crippen molar-refractivity contribution in [2.45, 2.75) is 19.4 Å². The number of piperazine rings is 1. The van der Waals surface area contributed by atoms with Crippen LogP contribution in [0.5, 0.6) is 0 Å². The molecule has 1 unspecified atom stereocenters. The number of pyridine rings is 1. The number of rotatable bonds is 4. The number of aromatic nitrogens is 2. The Kier molecular flexibility index (Phi) is 5.78. The quantitative estimate of drug-likeness (QED) is 0.660. The number of carbonyl (C=O) groups excluding carboxylic acids is 1. The second-order valence-electron chi connectivity index (χ2n) is 7.24. The molecule has 158 valence electrons. The van der Waals surface area contributed by atoms with Crippen LogP contribution in [0.4, 0.5) is 24.5 Å². The molecular weight excluding hydrogens is 412 g/mol. The Balaban J connectivity index is 1.36. The normalized spacial score (nSPS) is 15.5. The van der Waals surface area contributed by atoms with Crippen molar-refractivity contribution < 1.29 is 18.7 Å². The van der Waals surface area contributed by atoms with Gasteiger partial charge in [-0.3, -0.25) is 5.32 Å². The zero-order chi connectivity index (χ0) is 21.3. The third-order valence-corrected chi connectivity index (χ3v) is 5.79. The molecule has 1 aliphatic heterocycles. The lowest BCUT2D eigenvalue weighted by molar-refractivity contribution is 0.195. The van der Waals surface area contributed by atoms with Crippen LogP contribution in [0.15, 0.2) is 30.5 Å². The summed E-state index contributed by atoms with van der Waals surface area (Å²) in [5.74, 6) is -0.563. The minimum atomic E-state index is -0.562. The monoisotopic (exact) mass is 433 g/mol. The number of aliphatic hydroxyl groups excluding tert-OH is 1. The Hall–Kier alpha value is -2.85. The number of thiazole rings is 1. The lowest BCUT2D eigenvalue weighted by Crippen LogP contribution is -2.50. The van der Waals surface area contributed by atoms with E-state index in [1.54, 1.807) is 29.0 Å². The van der Waals surface area contributed by atoms with Crippen LogP contribution in [0.1, 0.15) is 12.5 Å². The van der Waals surface area contributed by atoms with E-state index in [2.05, 4.69) is 15.3 Å². The van der Waals surface area contributed by atoms with Gasteiger partial charge in [-0.2, -0.15) is 0 Å². The summed E-state index contributed by atoms with van der Waals surface area (Å²) in [7, 11) is 0. The molecule has 1 aromatic carbocycles. The van der Waals surface area contributed by atoms with Gasteiger partial charge in [-0.25, -0.2) is 23.5 Å². The molecule has 0 radical (unpaired) electrons. The Morgan fingerprint density at radius 1 is 1.27 bits per heavy atom. The van der Waals surface area contributed by atoms with Gasteiger partial charge in [0.2, 0.25) is 0 Å². The summed E-state index contributed by atoms with van der Waals surface area (Å²) < 4.78 is 28.5.